The number of rotatable bonds is 4. The van der Waals surface area contributed by atoms with Crippen molar-refractivity contribution >= 4 is 73.3 Å². The van der Waals surface area contributed by atoms with E-state index in [1.807, 2.05) is 0 Å². The molecule has 2 heterocycles. The van der Waals surface area contributed by atoms with Crippen LogP contribution in [0, 0.1) is 0 Å². The highest BCUT2D eigenvalue weighted by Gasteiger charge is 2.50. The van der Waals surface area contributed by atoms with E-state index in [0.29, 0.717) is 29.2 Å². The number of thioether (sulfide) groups is 2. The predicted octanol–water partition coefficient (Wildman–Crippen LogP) is 1.80. The lowest BCUT2D eigenvalue weighted by Gasteiger charge is -2.15. The number of benzene rings is 1. The van der Waals surface area contributed by atoms with E-state index in [9.17, 15) is 24.0 Å². The summed E-state index contributed by atoms with van der Waals surface area (Å²) in [7, 11) is 0. The third kappa shape index (κ3) is 3.88. The first-order valence-corrected chi connectivity index (χ1v) is 9.49. The normalized spacial score (nSPS) is 23.2. The van der Waals surface area contributed by atoms with Gasteiger partial charge in [-0.1, -0.05) is 15.9 Å². The highest BCUT2D eigenvalue weighted by atomic mass is 79.9. The zero-order valence-electron chi connectivity index (χ0n) is 12.4. The summed E-state index contributed by atoms with van der Waals surface area (Å²) in [6.07, 6.45) is 0. The SMILES string of the molecule is O=C(CN1C(=O)SC(C2SC(=O)NC2=O)C1=O)Nc1ccc(Br)cc1. The Bertz CT molecular complexity index is 785. The molecule has 8 nitrogen and oxygen atoms in total. The third-order valence-corrected chi connectivity index (χ3v) is 6.29. The second-order valence-corrected chi connectivity index (χ2v) is 8.22. The molecule has 25 heavy (non-hydrogen) atoms. The van der Waals surface area contributed by atoms with Crippen LogP contribution in [0.4, 0.5) is 15.3 Å². The average molecular weight is 444 g/mol. The molecule has 2 aliphatic heterocycles. The minimum absolute atomic E-state index is 0.454. The van der Waals surface area contributed by atoms with Crippen LogP contribution < -0.4 is 10.6 Å². The van der Waals surface area contributed by atoms with Gasteiger partial charge in [0.25, 0.3) is 10.5 Å². The number of hydrogen-bond acceptors (Lipinski definition) is 7. The molecule has 2 aliphatic rings. The lowest BCUT2D eigenvalue weighted by Crippen LogP contribution is -2.42. The van der Waals surface area contributed by atoms with E-state index in [4.69, 9.17) is 0 Å². The summed E-state index contributed by atoms with van der Waals surface area (Å²) in [6.45, 7) is -0.454. The molecule has 2 atom stereocenters. The molecule has 0 spiro atoms. The molecule has 2 N–H and O–H groups in total. The summed E-state index contributed by atoms with van der Waals surface area (Å²) in [4.78, 5) is 60.2. The summed E-state index contributed by atoms with van der Waals surface area (Å²) >= 11 is 4.60. The second-order valence-electron chi connectivity index (χ2n) is 5.10. The van der Waals surface area contributed by atoms with Crippen LogP contribution in [0.15, 0.2) is 28.7 Å². The van der Waals surface area contributed by atoms with Gasteiger partial charge in [-0.15, -0.1) is 0 Å². The van der Waals surface area contributed by atoms with Crippen molar-refractivity contribution in [3.8, 4) is 0 Å². The average Bonchev–Trinajstić information content (AvgIpc) is 3.02. The number of halogens is 1. The maximum Gasteiger partial charge on any atom is 0.289 e. The van der Waals surface area contributed by atoms with Crippen LogP contribution in [-0.4, -0.2) is 50.1 Å². The van der Waals surface area contributed by atoms with Crippen LogP contribution in [0.5, 0.6) is 0 Å². The Hall–Kier alpha value is -1.85. The largest absolute Gasteiger partial charge is 0.325 e. The minimum atomic E-state index is -1.01. The van der Waals surface area contributed by atoms with Crippen molar-refractivity contribution in [1.82, 2.24) is 10.2 Å². The predicted molar refractivity (Wildman–Crippen MR) is 96.2 cm³/mol. The van der Waals surface area contributed by atoms with Crippen LogP contribution in [0.25, 0.3) is 0 Å². The number of carbonyl (C=O) groups is 5. The Labute approximate surface area is 158 Å². The highest BCUT2D eigenvalue weighted by molar-refractivity contribution is 9.10. The van der Waals surface area contributed by atoms with E-state index >= 15 is 0 Å². The van der Waals surface area contributed by atoms with E-state index in [-0.39, 0.29) is 0 Å². The molecule has 1 aromatic rings. The lowest BCUT2D eigenvalue weighted by molar-refractivity contribution is -0.131. The van der Waals surface area contributed by atoms with Crippen molar-refractivity contribution in [3.05, 3.63) is 28.7 Å². The van der Waals surface area contributed by atoms with Crippen molar-refractivity contribution in [2.75, 3.05) is 11.9 Å². The van der Waals surface area contributed by atoms with E-state index in [1.165, 1.54) is 0 Å². The van der Waals surface area contributed by atoms with Crippen LogP contribution in [-0.2, 0) is 14.4 Å². The molecular weight excluding hydrogens is 434 g/mol. The fourth-order valence-electron chi connectivity index (χ4n) is 2.25. The molecule has 0 radical (unpaired) electrons. The Morgan fingerprint density at radius 2 is 1.80 bits per heavy atom. The Morgan fingerprint density at radius 1 is 1.12 bits per heavy atom. The molecule has 0 saturated carbocycles. The van der Waals surface area contributed by atoms with Gasteiger partial charge in [0.15, 0.2) is 0 Å². The molecule has 11 heteroatoms. The summed E-state index contributed by atoms with van der Waals surface area (Å²) in [5, 5.41) is 1.52. The van der Waals surface area contributed by atoms with Gasteiger partial charge in [-0.25, -0.2) is 0 Å². The number of hydrogen-bond donors (Lipinski definition) is 2. The zero-order valence-corrected chi connectivity index (χ0v) is 15.6. The maximum absolute atomic E-state index is 12.4. The number of carbonyl (C=O) groups excluding carboxylic acids is 5. The molecule has 0 aromatic heterocycles. The number of anilines is 1. The molecule has 3 rings (SSSR count). The van der Waals surface area contributed by atoms with Gasteiger partial charge in [0, 0.05) is 10.2 Å². The minimum Gasteiger partial charge on any atom is -0.325 e. The first-order chi connectivity index (χ1) is 11.8. The van der Waals surface area contributed by atoms with Crippen LogP contribution in [0.1, 0.15) is 0 Å². The number of amides is 5. The first-order valence-electron chi connectivity index (χ1n) is 6.94. The molecule has 2 unspecified atom stereocenters. The van der Waals surface area contributed by atoms with Gasteiger partial charge in [0.05, 0.1) is 0 Å². The lowest BCUT2D eigenvalue weighted by atomic mass is 10.2. The molecule has 2 saturated heterocycles. The molecule has 5 amide bonds. The Kier molecular flexibility index (Phi) is 5.16. The Morgan fingerprint density at radius 3 is 2.40 bits per heavy atom. The van der Waals surface area contributed by atoms with E-state index < -0.39 is 45.2 Å². The van der Waals surface area contributed by atoms with Crippen molar-refractivity contribution in [2.24, 2.45) is 0 Å². The summed E-state index contributed by atoms with van der Waals surface area (Å²) in [5.74, 6) is -1.79. The van der Waals surface area contributed by atoms with E-state index in [1.54, 1.807) is 24.3 Å². The fourth-order valence-corrected chi connectivity index (χ4v) is 4.61. The standard InChI is InChI=1S/C14H10BrN3O5S2/c15-6-1-3-7(4-2-6)16-8(19)5-18-12(21)10(25-14(18)23)9-11(20)17-13(22)24-9/h1-4,9-10H,5H2,(H,16,19)(H,17,20,22). The molecule has 0 aliphatic carbocycles. The molecule has 0 bridgehead atoms. The van der Waals surface area contributed by atoms with Crippen LogP contribution in [0.2, 0.25) is 0 Å². The Balaban J connectivity index is 1.64. The number of nitrogens with zero attached hydrogens (tertiary/aromatic N) is 1. The second kappa shape index (κ2) is 7.18. The quantitative estimate of drug-likeness (QED) is 0.728. The maximum atomic E-state index is 12.4. The molecular formula is C14H10BrN3O5S2. The summed E-state index contributed by atoms with van der Waals surface area (Å²) < 4.78 is 0.844. The van der Waals surface area contributed by atoms with Crippen LogP contribution in [0.3, 0.4) is 0 Å². The van der Waals surface area contributed by atoms with E-state index in [2.05, 4.69) is 26.6 Å². The number of imide groups is 2. The third-order valence-electron chi connectivity index (χ3n) is 3.38. The van der Waals surface area contributed by atoms with Gasteiger partial charge in [0.1, 0.15) is 17.0 Å². The smallest absolute Gasteiger partial charge is 0.289 e. The van der Waals surface area contributed by atoms with Gasteiger partial charge >= 0.3 is 0 Å². The van der Waals surface area contributed by atoms with Gasteiger partial charge < -0.3 is 5.32 Å². The molecule has 2 fully saturated rings. The van der Waals surface area contributed by atoms with Crippen molar-refractivity contribution in [3.63, 3.8) is 0 Å². The van der Waals surface area contributed by atoms with Gasteiger partial charge in [-0.05, 0) is 47.8 Å². The monoisotopic (exact) mass is 443 g/mol. The van der Waals surface area contributed by atoms with Crippen LogP contribution >= 0.6 is 39.5 Å². The highest BCUT2D eigenvalue weighted by Crippen LogP contribution is 2.36. The summed E-state index contributed by atoms with van der Waals surface area (Å²) in [5.41, 5.74) is 0.521. The van der Waals surface area contributed by atoms with Gasteiger partial charge in [0.2, 0.25) is 17.7 Å². The topological polar surface area (TPSA) is 113 Å². The van der Waals surface area contributed by atoms with Crippen molar-refractivity contribution in [1.29, 1.82) is 0 Å². The first kappa shape index (κ1) is 18.0. The van der Waals surface area contributed by atoms with E-state index in [0.717, 1.165) is 9.37 Å². The number of nitrogens with one attached hydrogen (secondary N) is 2. The summed E-state index contributed by atoms with van der Waals surface area (Å²) in [6, 6.07) is 6.80. The van der Waals surface area contributed by atoms with Gasteiger partial charge in [-0.2, -0.15) is 0 Å². The van der Waals surface area contributed by atoms with Crippen molar-refractivity contribution in [2.45, 2.75) is 10.5 Å². The molecule has 1 aromatic carbocycles. The van der Waals surface area contributed by atoms with Crippen molar-refractivity contribution < 1.29 is 24.0 Å². The fraction of sp³-hybridized carbons (Fsp3) is 0.214. The molecule has 130 valence electrons. The zero-order chi connectivity index (χ0) is 18.1. The van der Waals surface area contributed by atoms with Gasteiger partial charge in [-0.3, -0.25) is 34.2 Å².